The molecule has 0 aromatic rings. The minimum atomic E-state index is -3.59. The highest BCUT2D eigenvalue weighted by molar-refractivity contribution is 7.85. The van der Waals surface area contributed by atoms with E-state index in [1.54, 1.807) is 6.08 Å². The Kier molecular flexibility index (Phi) is 2.16. The zero-order valence-corrected chi connectivity index (χ0v) is 16.0. The molecule has 0 aromatic carbocycles. The highest BCUT2D eigenvalue weighted by Crippen LogP contribution is 2.95. The fourth-order valence-electron chi connectivity index (χ4n) is 11.8. The average Bonchev–Trinajstić information content (AvgIpc) is 3.34. The van der Waals surface area contributed by atoms with Crippen molar-refractivity contribution in [1.82, 2.24) is 0 Å². The SMILES string of the molecule is CS(=O)(=O)OC[C@@]12[C@@H]3[C@@H]4C(=O)C=C[C@H]4[C@@H]4[C@@H]3[C@@H]3[C@@H]5[C@@H]6[C@@H](CC[C@H]6[C@@]1(O)[C@@H]54)[C@@H]32. The molecule has 0 aromatic heterocycles. The van der Waals surface area contributed by atoms with Crippen molar-refractivity contribution in [3.05, 3.63) is 12.2 Å². The number of fused-ring (bicyclic) bond motifs is 1. The molecule has 0 unspecified atom stereocenters. The highest BCUT2D eigenvalue weighted by Gasteiger charge is 2.96. The van der Waals surface area contributed by atoms with Crippen molar-refractivity contribution in [1.29, 1.82) is 0 Å². The quantitative estimate of drug-likeness (QED) is 0.732. The highest BCUT2D eigenvalue weighted by atomic mass is 32.2. The van der Waals surface area contributed by atoms with Gasteiger partial charge < -0.3 is 5.11 Å². The molecule has 0 spiro atoms. The van der Waals surface area contributed by atoms with Gasteiger partial charge in [-0.3, -0.25) is 8.98 Å². The molecule has 9 aliphatic rings. The molecule has 5 nitrogen and oxygen atoms in total. The smallest absolute Gasteiger partial charge is 0.264 e. The van der Waals surface area contributed by atoms with Gasteiger partial charge in [-0.25, -0.2) is 0 Å². The van der Waals surface area contributed by atoms with Crippen LogP contribution in [0.3, 0.4) is 0 Å². The largest absolute Gasteiger partial charge is 0.389 e. The molecule has 1 N–H and O–H groups in total. The van der Waals surface area contributed by atoms with E-state index >= 15 is 0 Å². The van der Waals surface area contributed by atoms with Gasteiger partial charge in [-0.2, -0.15) is 8.42 Å². The van der Waals surface area contributed by atoms with Crippen molar-refractivity contribution in [2.24, 2.45) is 76.4 Å². The van der Waals surface area contributed by atoms with Crippen LogP contribution in [0.25, 0.3) is 0 Å². The first-order chi connectivity index (χ1) is 12.8. The van der Waals surface area contributed by atoms with Gasteiger partial charge in [-0.15, -0.1) is 0 Å². The summed E-state index contributed by atoms with van der Waals surface area (Å²) in [6, 6.07) is 0. The lowest BCUT2D eigenvalue weighted by atomic mass is 9.47. The molecule has 9 aliphatic carbocycles. The Balaban J connectivity index is 1.42. The Morgan fingerprint density at radius 2 is 1.85 bits per heavy atom. The van der Waals surface area contributed by atoms with Crippen LogP contribution in [0.5, 0.6) is 0 Å². The van der Waals surface area contributed by atoms with E-state index in [1.165, 1.54) is 6.42 Å². The summed E-state index contributed by atoms with van der Waals surface area (Å²) in [7, 11) is -3.59. The van der Waals surface area contributed by atoms with Crippen LogP contribution in [0.1, 0.15) is 12.8 Å². The molecule has 144 valence electrons. The Hall–Kier alpha value is -0.720. The standard InChI is InChI=1S/C21H24O5S/c1-27(24,25)26-6-20-17-8-2-4-9-11(8)14-16(17)15-13(19(14)21(9,20)23)7-3-5-10(22)12(7)18(15)20/h3,5,7-9,11-19,23H,2,4,6H2,1H3/t7-,8-,9-,11-,12+,13-,14+,15-,16+,17+,18-,19-,20-,21-/m1/s1. The van der Waals surface area contributed by atoms with Gasteiger partial charge in [0.25, 0.3) is 10.1 Å². The van der Waals surface area contributed by atoms with Crippen LogP contribution in [0, 0.1) is 76.4 Å². The Morgan fingerprint density at radius 1 is 1.11 bits per heavy atom. The minimum Gasteiger partial charge on any atom is -0.389 e. The zero-order valence-electron chi connectivity index (χ0n) is 15.2. The fraction of sp³-hybridized carbons (Fsp3) is 0.857. The number of aliphatic hydroxyl groups is 1. The van der Waals surface area contributed by atoms with Gasteiger partial charge in [0.15, 0.2) is 5.78 Å². The summed E-state index contributed by atoms with van der Waals surface area (Å²) in [5, 5.41) is 12.5. The van der Waals surface area contributed by atoms with Crippen LogP contribution >= 0.6 is 0 Å². The van der Waals surface area contributed by atoms with E-state index in [-0.39, 0.29) is 36.1 Å². The second-order valence-electron chi connectivity index (χ2n) is 11.0. The molecule has 0 saturated heterocycles. The summed E-state index contributed by atoms with van der Waals surface area (Å²) in [5.41, 5.74) is -1.34. The fourth-order valence-corrected chi connectivity index (χ4v) is 12.2. The molecule has 0 amide bonds. The van der Waals surface area contributed by atoms with Gasteiger partial charge in [0.2, 0.25) is 0 Å². The minimum absolute atomic E-state index is 0.0396. The van der Waals surface area contributed by atoms with Crippen LogP contribution in [0.15, 0.2) is 12.2 Å². The number of carbonyl (C=O) groups is 1. The van der Waals surface area contributed by atoms with Crippen LogP contribution in [0.2, 0.25) is 0 Å². The maximum absolute atomic E-state index is 12.9. The van der Waals surface area contributed by atoms with Crippen LogP contribution in [-0.4, -0.2) is 37.8 Å². The second kappa shape index (κ2) is 3.84. The maximum Gasteiger partial charge on any atom is 0.264 e. The lowest BCUT2D eigenvalue weighted by Gasteiger charge is -2.60. The van der Waals surface area contributed by atoms with Crippen molar-refractivity contribution >= 4 is 15.9 Å². The maximum atomic E-state index is 12.9. The van der Waals surface area contributed by atoms with E-state index < -0.39 is 21.1 Å². The van der Waals surface area contributed by atoms with Crippen LogP contribution in [-0.2, 0) is 19.1 Å². The van der Waals surface area contributed by atoms with Gasteiger partial charge in [-0.05, 0) is 84.0 Å². The molecule has 9 bridgehead atoms. The van der Waals surface area contributed by atoms with E-state index in [0.717, 1.165) is 12.7 Å². The molecule has 27 heavy (non-hydrogen) atoms. The lowest BCUT2D eigenvalue weighted by molar-refractivity contribution is -0.236. The summed E-state index contributed by atoms with van der Waals surface area (Å²) >= 11 is 0. The van der Waals surface area contributed by atoms with Crippen LogP contribution in [0.4, 0.5) is 0 Å². The van der Waals surface area contributed by atoms with Crippen molar-refractivity contribution in [3.8, 4) is 0 Å². The van der Waals surface area contributed by atoms with E-state index in [9.17, 15) is 18.3 Å². The van der Waals surface area contributed by atoms with E-state index in [2.05, 4.69) is 6.08 Å². The van der Waals surface area contributed by atoms with Crippen molar-refractivity contribution in [3.63, 3.8) is 0 Å². The van der Waals surface area contributed by atoms with Crippen molar-refractivity contribution in [2.75, 3.05) is 12.9 Å². The summed E-state index contributed by atoms with van der Waals surface area (Å²) in [5.74, 6) is 4.90. The molecule has 8 fully saturated rings. The average molecular weight is 388 g/mol. The van der Waals surface area contributed by atoms with Crippen LogP contribution < -0.4 is 0 Å². The summed E-state index contributed by atoms with van der Waals surface area (Å²) in [6.45, 7) is 0.0941. The van der Waals surface area contributed by atoms with Gasteiger partial charge in [-0.1, -0.05) is 6.08 Å². The molecule has 0 aliphatic heterocycles. The van der Waals surface area contributed by atoms with Crippen molar-refractivity contribution < 1.29 is 22.5 Å². The Morgan fingerprint density at radius 3 is 2.63 bits per heavy atom. The molecular weight excluding hydrogens is 364 g/mol. The van der Waals surface area contributed by atoms with Gasteiger partial charge in [0.05, 0.1) is 18.5 Å². The monoisotopic (exact) mass is 388 g/mol. The molecule has 9 rings (SSSR count). The Labute approximate surface area is 158 Å². The number of carbonyl (C=O) groups excluding carboxylic acids is 1. The normalized spacial score (nSPS) is 69.6. The van der Waals surface area contributed by atoms with Gasteiger partial charge in [0, 0.05) is 11.3 Å². The van der Waals surface area contributed by atoms with E-state index in [0.29, 0.717) is 47.3 Å². The summed E-state index contributed by atoms with van der Waals surface area (Å²) in [4.78, 5) is 12.9. The predicted octanol–water partition coefficient (Wildman–Crippen LogP) is 1.09. The van der Waals surface area contributed by atoms with Gasteiger partial charge in [0.1, 0.15) is 0 Å². The lowest BCUT2D eigenvalue weighted by Crippen LogP contribution is -2.67. The van der Waals surface area contributed by atoms with E-state index in [4.69, 9.17) is 4.18 Å². The first kappa shape index (κ1) is 15.2. The zero-order chi connectivity index (χ0) is 18.2. The molecule has 0 radical (unpaired) electrons. The number of allylic oxidation sites excluding steroid dienone is 2. The molecular formula is C21H24O5S. The topological polar surface area (TPSA) is 80.7 Å². The third kappa shape index (κ3) is 1.15. The summed E-state index contributed by atoms with van der Waals surface area (Å²) < 4.78 is 29.4. The molecule has 6 heteroatoms. The molecule has 0 heterocycles. The number of ketones is 1. The Bertz CT molecular complexity index is 971. The van der Waals surface area contributed by atoms with Crippen molar-refractivity contribution in [2.45, 2.75) is 18.4 Å². The third-order valence-electron chi connectivity index (χ3n) is 11.2. The summed E-state index contributed by atoms with van der Waals surface area (Å²) in [6.07, 6.45) is 7.26. The third-order valence-corrected chi connectivity index (χ3v) is 11.8. The molecule has 8 saturated carbocycles. The number of rotatable bonds is 3. The van der Waals surface area contributed by atoms with Gasteiger partial charge >= 0.3 is 0 Å². The first-order valence-corrected chi connectivity index (χ1v) is 12.4. The molecule has 14 atom stereocenters. The van der Waals surface area contributed by atoms with E-state index in [1.807, 2.05) is 0 Å². The number of hydrogen-bond acceptors (Lipinski definition) is 5. The second-order valence-corrected chi connectivity index (χ2v) is 12.7. The number of hydrogen-bond donors (Lipinski definition) is 1. The predicted molar refractivity (Wildman–Crippen MR) is 93.4 cm³/mol. The first-order valence-electron chi connectivity index (χ1n) is 10.6.